The molecule has 2 aromatic carbocycles. The zero-order chi connectivity index (χ0) is 22.4. The second kappa shape index (κ2) is 9.96. The van der Waals surface area contributed by atoms with E-state index < -0.39 is 22.0 Å². The summed E-state index contributed by atoms with van der Waals surface area (Å²) < 4.78 is 52.2. The smallest absolute Gasteiger partial charge is 0.242 e. The fourth-order valence-electron chi connectivity index (χ4n) is 2.52. The molecule has 0 radical (unpaired) electrons. The van der Waals surface area contributed by atoms with Gasteiger partial charge in [-0.2, -0.15) is 9.79 Å². The quantitative estimate of drug-likeness (QED) is 0.577. The van der Waals surface area contributed by atoms with Gasteiger partial charge in [0, 0.05) is 17.2 Å². The Labute approximate surface area is 183 Å². The summed E-state index contributed by atoms with van der Waals surface area (Å²) in [4.78, 5) is 9.62. The molecule has 0 aliphatic carbocycles. The topological polar surface area (TPSA) is 110 Å². The second-order valence-electron chi connectivity index (χ2n) is 6.09. The number of methoxy groups -OCH3 is 1. The number of benzene rings is 2. The van der Waals surface area contributed by atoms with Crippen LogP contribution < -0.4 is 14.3 Å². The van der Waals surface area contributed by atoms with E-state index in [0.717, 1.165) is 17.5 Å². The number of hydrogen-bond donors (Lipinski definition) is 2. The number of aliphatic hydroxyl groups excluding tert-OH is 1. The van der Waals surface area contributed by atoms with E-state index in [0.29, 0.717) is 5.02 Å². The standard InChI is InChI=1S/C19H19ClFN3O6S/c1-28-16-7-4-14(21)10-17(16)30-24-12-22-19(29-9-8-25)11-18(24)23-31(26,27)15-5-2-13(20)3-6-15/h2-7,10-12,18,23,25H,8-9H2,1H3. The molecule has 1 heterocycles. The van der Waals surface area contributed by atoms with Crippen molar-refractivity contribution in [2.45, 2.75) is 11.1 Å². The lowest BCUT2D eigenvalue weighted by Gasteiger charge is -2.30. The molecule has 2 N–H and O–H groups in total. The van der Waals surface area contributed by atoms with Crippen LogP contribution in [0.2, 0.25) is 5.02 Å². The van der Waals surface area contributed by atoms with Gasteiger partial charge in [-0.15, -0.1) is 0 Å². The summed E-state index contributed by atoms with van der Waals surface area (Å²) in [6.45, 7) is -0.298. The van der Waals surface area contributed by atoms with Crippen LogP contribution in [0.3, 0.4) is 0 Å². The Morgan fingerprint density at radius 3 is 2.65 bits per heavy atom. The normalized spacial score (nSPS) is 16.1. The highest BCUT2D eigenvalue weighted by atomic mass is 35.5. The van der Waals surface area contributed by atoms with Gasteiger partial charge in [0.1, 0.15) is 18.8 Å². The Bertz CT molecular complexity index is 1080. The van der Waals surface area contributed by atoms with Crippen molar-refractivity contribution in [3.8, 4) is 11.5 Å². The Kier molecular flexibility index (Phi) is 7.33. The highest BCUT2D eigenvalue weighted by molar-refractivity contribution is 7.89. The average molecular weight is 472 g/mol. The molecule has 9 nitrogen and oxygen atoms in total. The van der Waals surface area contributed by atoms with Crippen molar-refractivity contribution >= 4 is 28.0 Å². The summed E-state index contributed by atoms with van der Waals surface area (Å²) >= 11 is 5.83. The zero-order valence-corrected chi connectivity index (χ0v) is 17.8. The van der Waals surface area contributed by atoms with Crippen molar-refractivity contribution in [3.63, 3.8) is 0 Å². The van der Waals surface area contributed by atoms with Crippen LogP contribution in [-0.4, -0.2) is 51.4 Å². The van der Waals surface area contributed by atoms with Crippen LogP contribution in [0, 0.1) is 5.82 Å². The van der Waals surface area contributed by atoms with Gasteiger partial charge in [-0.25, -0.2) is 17.8 Å². The van der Waals surface area contributed by atoms with E-state index in [1.54, 1.807) is 0 Å². The third-order valence-electron chi connectivity index (χ3n) is 3.94. The first kappa shape index (κ1) is 22.8. The number of sulfonamides is 1. The minimum Gasteiger partial charge on any atom is -0.493 e. The van der Waals surface area contributed by atoms with Crippen molar-refractivity contribution in [2.75, 3.05) is 20.3 Å². The lowest BCUT2D eigenvalue weighted by atomic mass is 10.3. The number of halogens is 2. The fourth-order valence-corrected chi connectivity index (χ4v) is 3.76. The third-order valence-corrected chi connectivity index (χ3v) is 5.64. The summed E-state index contributed by atoms with van der Waals surface area (Å²) in [6, 6.07) is 9.21. The molecular weight excluding hydrogens is 453 g/mol. The summed E-state index contributed by atoms with van der Waals surface area (Å²) in [5.74, 6) is -0.298. The number of ether oxygens (including phenoxy) is 2. The van der Waals surface area contributed by atoms with E-state index in [9.17, 15) is 12.8 Å². The predicted molar refractivity (Wildman–Crippen MR) is 111 cm³/mol. The SMILES string of the molecule is COc1ccc(F)cc1ON1C=NC(OCCO)=CC1NS(=O)(=O)c1ccc(Cl)cc1. The molecule has 0 fully saturated rings. The lowest BCUT2D eigenvalue weighted by Crippen LogP contribution is -2.49. The molecule has 2 aromatic rings. The maximum atomic E-state index is 13.7. The van der Waals surface area contributed by atoms with Crippen LogP contribution in [0.4, 0.5) is 4.39 Å². The number of aliphatic hydroxyl groups is 1. The van der Waals surface area contributed by atoms with Gasteiger partial charge in [-0.1, -0.05) is 11.6 Å². The Hall–Kier alpha value is -2.86. The van der Waals surface area contributed by atoms with E-state index in [1.807, 2.05) is 0 Å². The molecule has 3 rings (SSSR count). The van der Waals surface area contributed by atoms with Crippen LogP contribution in [0.5, 0.6) is 11.5 Å². The first-order valence-electron chi connectivity index (χ1n) is 8.90. The highest BCUT2D eigenvalue weighted by Crippen LogP contribution is 2.29. The van der Waals surface area contributed by atoms with Gasteiger partial charge in [0.25, 0.3) is 0 Å². The molecule has 1 unspecified atom stereocenters. The van der Waals surface area contributed by atoms with Crippen molar-refractivity contribution in [2.24, 2.45) is 4.99 Å². The molecule has 0 saturated heterocycles. The number of nitrogens with zero attached hydrogens (tertiary/aromatic N) is 2. The van der Waals surface area contributed by atoms with Gasteiger partial charge < -0.3 is 19.4 Å². The molecule has 0 aromatic heterocycles. The van der Waals surface area contributed by atoms with Gasteiger partial charge in [0.05, 0.1) is 18.6 Å². The van der Waals surface area contributed by atoms with Gasteiger partial charge in [-0.3, -0.25) is 0 Å². The van der Waals surface area contributed by atoms with Crippen LogP contribution in [0.1, 0.15) is 0 Å². The minimum atomic E-state index is -4.02. The number of aliphatic imine (C=N–C) groups is 1. The zero-order valence-electron chi connectivity index (χ0n) is 16.2. The molecule has 1 aliphatic rings. The third kappa shape index (κ3) is 5.85. The maximum absolute atomic E-state index is 13.7. The summed E-state index contributed by atoms with van der Waals surface area (Å²) in [6.07, 6.45) is 1.36. The van der Waals surface area contributed by atoms with Crippen molar-refractivity contribution in [1.29, 1.82) is 0 Å². The predicted octanol–water partition coefficient (Wildman–Crippen LogP) is 2.28. The number of hydrogen-bond acceptors (Lipinski definition) is 8. The van der Waals surface area contributed by atoms with Crippen LogP contribution in [-0.2, 0) is 14.8 Å². The monoisotopic (exact) mass is 471 g/mol. The molecule has 0 bridgehead atoms. The average Bonchev–Trinajstić information content (AvgIpc) is 2.74. The molecule has 0 spiro atoms. The first-order valence-corrected chi connectivity index (χ1v) is 10.8. The fraction of sp³-hybridized carbons (Fsp3) is 0.211. The molecule has 0 saturated carbocycles. The van der Waals surface area contributed by atoms with Gasteiger partial charge in [0.2, 0.25) is 15.9 Å². The van der Waals surface area contributed by atoms with E-state index in [1.165, 1.54) is 49.6 Å². The van der Waals surface area contributed by atoms with Gasteiger partial charge >= 0.3 is 0 Å². The molecule has 31 heavy (non-hydrogen) atoms. The van der Waals surface area contributed by atoms with Crippen molar-refractivity contribution in [3.05, 3.63) is 65.3 Å². The number of hydroxylamine groups is 2. The summed E-state index contributed by atoms with van der Waals surface area (Å²) in [5, 5.41) is 10.4. The highest BCUT2D eigenvalue weighted by Gasteiger charge is 2.28. The van der Waals surface area contributed by atoms with Gasteiger partial charge in [0.15, 0.2) is 17.7 Å². The first-order chi connectivity index (χ1) is 14.8. The molecular formula is C19H19ClFN3O6S. The van der Waals surface area contributed by atoms with Crippen molar-refractivity contribution in [1.82, 2.24) is 9.79 Å². The van der Waals surface area contributed by atoms with Crippen LogP contribution in [0.15, 0.2) is 64.3 Å². The minimum absolute atomic E-state index is 0.00207. The summed E-state index contributed by atoms with van der Waals surface area (Å²) in [7, 11) is -2.64. The lowest BCUT2D eigenvalue weighted by molar-refractivity contribution is -0.0114. The largest absolute Gasteiger partial charge is 0.493 e. The van der Waals surface area contributed by atoms with Crippen LogP contribution in [0.25, 0.3) is 0 Å². The van der Waals surface area contributed by atoms with E-state index in [2.05, 4.69) is 9.71 Å². The molecule has 0 amide bonds. The summed E-state index contributed by atoms with van der Waals surface area (Å²) in [5.41, 5.74) is 0. The van der Waals surface area contributed by atoms with Gasteiger partial charge in [-0.05, 0) is 36.4 Å². The Balaban J connectivity index is 1.89. The Morgan fingerprint density at radius 1 is 1.23 bits per heavy atom. The molecule has 166 valence electrons. The van der Waals surface area contributed by atoms with E-state index in [4.69, 9.17) is 31.0 Å². The number of rotatable bonds is 9. The maximum Gasteiger partial charge on any atom is 0.242 e. The number of nitrogens with one attached hydrogen (secondary N) is 1. The molecule has 12 heteroatoms. The molecule has 1 aliphatic heterocycles. The van der Waals surface area contributed by atoms with E-state index >= 15 is 0 Å². The Morgan fingerprint density at radius 2 is 1.97 bits per heavy atom. The van der Waals surface area contributed by atoms with Crippen molar-refractivity contribution < 1.29 is 32.2 Å². The second-order valence-corrected chi connectivity index (χ2v) is 8.24. The van der Waals surface area contributed by atoms with E-state index in [-0.39, 0.29) is 35.5 Å². The molecule has 1 atom stereocenters. The van der Waals surface area contributed by atoms with Crippen LogP contribution >= 0.6 is 11.6 Å².